The lowest BCUT2D eigenvalue weighted by molar-refractivity contribution is -0.275. The topological polar surface area (TPSA) is 103 Å². The van der Waals surface area contributed by atoms with Gasteiger partial charge in [-0.3, -0.25) is 0 Å². The van der Waals surface area contributed by atoms with Crippen LogP contribution in [0.25, 0.3) is 0 Å². The van der Waals surface area contributed by atoms with Crippen molar-refractivity contribution in [2.24, 2.45) is 5.10 Å². The fraction of sp³-hybridized carbons (Fsp3) is 0.200. The first-order valence-corrected chi connectivity index (χ1v) is 9.87. The van der Waals surface area contributed by atoms with E-state index in [-0.39, 0.29) is 11.3 Å². The van der Waals surface area contributed by atoms with Crippen LogP contribution in [0.15, 0.2) is 53.6 Å². The second-order valence-corrected chi connectivity index (χ2v) is 6.82. The zero-order valence-corrected chi connectivity index (χ0v) is 18.3. The predicted molar refractivity (Wildman–Crippen MR) is 112 cm³/mol. The van der Waals surface area contributed by atoms with Crippen LogP contribution < -0.4 is 25.0 Å². The number of hydrazone groups is 1. The molecule has 0 saturated heterocycles. The van der Waals surface area contributed by atoms with Gasteiger partial charge >= 0.3 is 24.9 Å². The summed E-state index contributed by atoms with van der Waals surface area (Å²) in [4.78, 5) is 11.0. The molecule has 0 aliphatic heterocycles. The van der Waals surface area contributed by atoms with E-state index in [2.05, 4.69) is 45.0 Å². The normalized spacial score (nSPS) is 12.3. The van der Waals surface area contributed by atoms with Gasteiger partial charge < -0.3 is 19.5 Å². The van der Waals surface area contributed by atoms with Crippen molar-refractivity contribution in [3.63, 3.8) is 0 Å². The SMILES string of the molecule is FC(F)(F)COc1nc(N/N=C/c2ccccc2OC(F)(F)F)nc(Nc2ccc(OC(F)(F)F)cc2)n1. The van der Waals surface area contributed by atoms with Crippen molar-refractivity contribution < 1.29 is 53.7 Å². The van der Waals surface area contributed by atoms with Gasteiger partial charge in [0.2, 0.25) is 5.95 Å². The molecule has 0 bridgehead atoms. The third-order valence-electron chi connectivity index (χ3n) is 3.84. The van der Waals surface area contributed by atoms with Gasteiger partial charge in [-0.25, -0.2) is 5.43 Å². The van der Waals surface area contributed by atoms with Gasteiger partial charge in [-0.15, -0.1) is 26.3 Å². The number of hydrogen-bond donors (Lipinski definition) is 2. The van der Waals surface area contributed by atoms with Gasteiger partial charge in [0, 0.05) is 11.3 Å². The van der Waals surface area contributed by atoms with Crippen LogP contribution in [0.3, 0.4) is 0 Å². The third kappa shape index (κ3) is 9.86. The number of para-hydroxylation sites is 1. The number of aromatic nitrogens is 3. The molecule has 0 unspecified atom stereocenters. The first-order valence-electron chi connectivity index (χ1n) is 9.87. The van der Waals surface area contributed by atoms with Crippen LogP contribution in [0.1, 0.15) is 5.56 Å². The van der Waals surface area contributed by atoms with Crippen LogP contribution in [-0.4, -0.2) is 46.7 Å². The number of halogens is 9. The maximum atomic E-state index is 12.6. The summed E-state index contributed by atoms with van der Waals surface area (Å²) in [5.74, 6) is -2.04. The fourth-order valence-corrected chi connectivity index (χ4v) is 2.51. The second-order valence-electron chi connectivity index (χ2n) is 6.82. The molecule has 0 fully saturated rings. The molecule has 0 amide bonds. The Hall–Kier alpha value is -4.51. The second kappa shape index (κ2) is 11.3. The molecule has 204 valence electrons. The molecule has 2 aromatic carbocycles. The lowest BCUT2D eigenvalue weighted by atomic mass is 10.2. The van der Waals surface area contributed by atoms with E-state index >= 15 is 0 Å². The highest BCUT2D eigenvalue weighted by molar-refractivity contribution is 5.83. The molecule has 3 rings (SSSR count). The molecule has 38 heavy (non-hydrogen) atoms. The highest BCUT2D eigenvalue weighted by Gasteiger charge is 2.32. The number of hydrogen-bond acceptors (Lipinski definition) is 9. The molecule has 9 nitrogen and oxygen atoms in total. The van der Waals surface area contributed by atoms with E-state index < -0.39 is 54.9 Å². The van der Waals surface area contributed by atoms with Crippen molar-refractivity contribution in [3.05, 3.63) is 54.1 Å². The summed E-state index contributed by atoms with van der Waals surface area (Å²) >= 11 is 0. The first-order chi connectivity index (χ1) is 17.7. The molecular weight excluding hydrogens is 543 g/mol. The van der Waals surface area contributed by atoms with Crippen LogP contribution in [0.4, 0.5) is 57.1 Å². The maximum Gasteiger partial charge on any atom is 0.573 e. The zero-order valence-electron chi connectivity index (χ0n) is 18.3. The van der Waals surface area contributed by atoms with Gasteiger partial charge in [-0.05, 0) is 36.4 Å². The summed E-state index contributed by atoms with van der Waals surface area (Å²) in [6.45, 7) is -1.77. The molecule has 0 atom stereocenters. The van der Waals surface area contributed by atoms with Gasteiger partial charge in [0.15, 0.2) is 6.61 Å². The number of rotatable bonds is 9. The lowest BCUT2D eigenvalue weighted by Crippen LogP contribution is -2.20. The number of benzene rings is 2. The van der Waals surface area contributed by atoms with Crippen LogP contribution in [0.5, 0.6) is 17.5 Å². The number of nitrogens with zero attached hydrogens (tertiary/aromatic N) is 4. The molecule has 0 aliphatic carbocycles. The van der Waals surface area contributed by atoms with E-state index in [1.165, 1.54) is 18.2 Å². The average molecular weight is 556 g/mol. The van der Waals surface area contributed by atoms with Crippen molar-refractivity contribution in [3.8, 4) is 17.5 Å². The smallest absolute Gasteiger partial charge is 0.454 e. The first kappa shape index (κ1) is 28.1. The molecule has 0 saturated carbocycles. The predicted octanol–water partition coefficient (Wildman–Crippen LogP) is 5.80. The molecule has 18 heteroatoms. The Bertz CT molecular complexity index is 1250. The van der Waals surface area contributed by atoms with Gasteiger partial charge in [-0.2, -0.15) is 33.2 Å². The van der Waals surface area contributed by atoms with E-state index in [9.17, 15) is 39.5 Å². The highest BCUT2D eigenvalue weighted by Crippen LogP contribution is 2.27. The Labute approximate surface area is 206 Å². The fourth-order valence-electron chi connectivity index (χ4n) is 2.51. The molecule has 3 aromatic rings. The summed E-state index contributed by atoms with van der Waals surface area (Å²) < 4.78 is 124. The van der Waals surface area contributed by atoms with Crippen LogP contribution >= 0.6 is 0 Å². The Morgan fingerprint density at radius 2 is 1.39 bits per heavy atom. The lowest BCUT2D eigenvalue weighted by Gasteiger charge is -2.12. The minimum absolute atomic E-state index is 0.0974. The van der Waals surface area contributed by atoms with Gasteiger partial charge in [-0.1, -0.05) is 12.1 Å². The van der Waals surface area contributed by atoms with Gasteiger partial charge in [0.05, 0.1) is 6.21 Å². The van der Waals surface area contributed by atoms with Crippen molar-refractivity contribution in [2.75, 3.05) is 17.3 Å². The summed E-state index contributed by atoms with van der Waals surface area (Å²) in [6.07, 6.45) is -13.8. The van der Waals surface area contributed by atoms with E-state index in [1.807, 2.05) is 0 Å². The van der Waals surface area contributed by atoms with Crippen molar-refractivity contribution in [1.82, 2.24) is 15.0 Å². The van der Waals surface area contributed by atoms with Crippen LogP contribution in [-0.2, 0) is 0 Å². The average Bonchev–Trinajstić information content (AvgIpc) is 2.78. The summed E-state index contributed by atoms with van der Waals surface area (Å²) in [5.41, 5.74) is 2.18. The molecule has 1 heterocycles. The quantitative estimate of drug-likeness (QED) is 0.194. The van der Waals surface area contributed by atoms with E-state index in [0.717, 1.165) is 36.5 Å². The highest BCUT2D eigenvalue weighted by atomic mass is 19.4. The van der Waals surface area contributed by atoms with Gasteiger partial charge in [0.1, 0.15) is 11.5 Å². The molecule has 0 radical (unpaired) electrons. The van der Waals surface area contributed by atoms with Crippen LogP contribution in [0.2, 0.25) is 0 Å². The minimum atomic E-state index is -4.98. The van der Waals surface area contributed by atoms with Crippen molar-refractivity contribution in [2.45, 2.75) is 18.9 Å². The molecule has 1 aromatic heterocycles. The van der Waals surface area contributed by atoms with E-state index in [4.69, 9.17) is 0 Å². The molecule has 0 spiro atoms. The largest absolute Gasteiger partial charge is 0.573 e. The third-order valence-corrected chi connectivity index (χ3v) is 3.84. The molecule has 2 N–H and O–H groups in total. The van der Waals surface area contributed by atoms with Crippen molar-refractivity contribution >= 4 is 23.8 Å². The number of alkyl halides is 9. The number of ether oxygens (including phenoxy) is 3. The Kier molecular flexibility index (Phi) is 8.32. The molecular formula is C20H13F9N6O3. The summed E-state index contributed by atoms with van der Waals surface area (Å²) in [6, 6.07) is 8.25. The summed E-state index contributed by atoms with van der Waals surface area (Å²) in [5, 5.41) is 6.16. The molecule has 0 aliphatic rings. The Morgan fingerprint density at radius 3 is 2.03 bits per heavy atom. The minimum Gasteiger partial charge on any atom is -0.454 e. The Balaban J connectivity index is 1.80. The monoisotopic (exact) mass is 556 g/mol. The van der Waals surface area contributed by atoms with Crippen LogP contribution in [0, 0.1) is 0 Å². The Morgan fingerprint density at radius 1 is 0.763 bits per heavy atom. The van der Waals surface area contributed by atoms with Crippen molar-refractivity contribution in [1.29, 1.82) is 0 Å². The maximum absolute atomic E-state index is 12.6. The van der Waals surface area contributed by atoms with E-state index in [0.29, 0.717) is 0 Å². The standard InChI is InChI=1S/C20H13F9N6O3/c21-18(22,23)10-36-17-33-15(31-12-5-7-13(8-6-12)37-19(24,25)26)32-16(34-17)35-30-9-11-3-1-2-4-14(11)38-20(27,28)29/h1-9H,10H2,(H2,31,32,33,34,35)/b30-9+. The zero-order chi connectivity index (χ0) is 28.0. The van der Waals surface area contributed by atoms with Gasteiger partial charge in [0.25, 0.3) is 5.95 Å². The number of anilines is 3. The summed E-state index contributed by atoms with van der Waals surface area (Å²) in [7, 11) is 0. The number of nitrogens with one attached hydrogen (secondary N) is 2. The van der Waals surface area contributed by atoms with E-state index in [1.54, 1.807) is 0 Å².